The summed E-state index contributed by atoms with van der Waals surface area (Å²) >= 11 is 12.2. The molecule has 1 aromatic carbocycles. The molecule has 2 aliphatic rings. The number of rotatable bonds is 4. The van der Waals surface area contributed by atoms with Crippen molar-refractivity contribution in [2.45, 2.75) is 51.1 Å². The van der Waals surface area contributed by atoms with E-state index in [1.54, 1.807) is 24.9 Å². The standard InChI is InChI=1S/C21H22Cl2F3N5O2/c1-10-18(20(33)29-30-7-3-4-15(30)11(2)32)19(12-5-6-13(22)14(23)8-12)31-17(27-10)9-16(28-31)21(24,25)26/h5-6,8-9,11,15,18-19,32H,3-4,7H2,1-2H3,(H,29,33). The van der Waals surface area contributed by atoms with Crippen molar-refractivity contribution in [1.29, 1.82) is 0 Å². The van der Waals surface area contributed by atoms with E-state index in [0.29, 0.717) is 24.2 Å². The highest BCUT2D eigenvalue weighted by molar-refractivity contribution is 6.42. The average molecular weight is 504 g/mol. The van der Waals surface area contributed by atoms with Crippen molar-refractivity contribution in [2.24, 2.45) is 10.9 Å². The number of benzene rings is 1. The van der Waals surface area contributed by atoms with E-state index in [-0.39, 0.29) is 21.9 Å². The maximum absolute atomic E-state index is 13.4. The minimum absolute atomic E-state index is 0.0111. The van der Waals surface area contributed by atoms with Gasteiger partial charge < -0.3 is 5.11 Å². The van der Waals surface area contributed by atoms with E-state index >= 15 is 0 Å². The number of amides is 1. The first-order valence-electron chi connectivity index (χ1n) is 10.4. The number of alkyl halides is 3. The number of carbonyl (C=O) groups is 1. The van der Waals surface area contributed by atoms with Crippen LogP contribution in [0.5, 0.6) is 0 Å². The van der Waals surface area contributed by atoms with Crippen molar-refractivity contribution < 1.29 is 23.1 Å². The van der Waals surface area contributed by atoms with Gasteiger partial charge in [0.25, 0.3) is 0 Å². The van der Waals surface area contributed by atoms with Gasteiger partial charge in [-0.3, -0.25) is 10.2 Å². The Morgan fingerprint density at radius 3 is 2.64 bits per heavy atom. The van der Waals surface area contributed by atoms with E-state index in [9.17, 15) is 23.1 Å². The number of hydrogen-bond donors (Lipinski definition) is 2. The van der Waals surface area contributed by atoms with Gasteiger partial charge in [-0.2, -0.15) is 18.3 Å². The molecule has 4 unspecified atom stereocenters. The molecule has 12 heteroatoms. The summed E-state index contributed by atoms with van der Waals surface area (Å²) in [7, 11) is 0. The van der Waals surface area contributed by atoms with Crippen LogP contribution in [0.1, 0.15) is 44.0 Å². The third kappa shape index (κ3) is 4.62. The summed E-state index contributed by atoms with van der Waals surface area (Å²) in [6, 6.07) is 4.30. The first-order chi connectivity index (χ1) is 15.5. The minimum atomic E-state index is -4.67. The number of aliphatic hydroxyl groups is 1. The highest BCUT2D eigenvalue weighted by Crippen LogP contribution is 2.41. The molecule has 1 fully saturated rings. The Bertz CT molecular complexity index is 1100. The largest absolute Gasteiger partial charge is 0.435 e. The second kappa shape index (κ2) is 8.90. The third-order valence-corrected chi connectivity index (χ3v) is 6.74. The number of aliphatic imine (C=N–C) groups is 1. The van der Waals surface area contributed by atoms with Gasteiger partial charge in [0.1, 0.15) is 5.92 Å². The van der Waals surface area contributed by atoms with Gasteiger partial charge in [-0.05, 0) is 44.4 Å². The summed E-state index contributed by atoms with van der Waals surface area (Å²) in [5.41, 5.74) is 2.53. The monoisotopic (exact) mass is 503 g/mol. The molecule has 1 saturated heterocycles. The van der Waals surface area contributed by atoms with Gasteiger partial charge in [-0.15, -0.1) is 0 Å². The summed E-state index contributed by atoms with van der Waals surface area (Å²) in [6.07, 6.45) is -3.83. The molecule has 33 heavy (non-hydrogen) atoms. The molecule has 2 aromatic rings. The fraction of sp³-hybridized carbons (Fsp3) is 0.476. The first kappa shape index (κ1) is 24.0. The summed E-state index contributed by atoms with van der Waals surface area (Å²) < 4.78 is 41.3. The second-order valence-corrected chi connectivity index (χ2v) is 9.11. The summed E-state index contributed by atoms with van der Waals surface area (Å²) in [6.45, 7) is 3.79. The normalized spacial score (nSPS) is 24.4. The van der Waals surface area contributed by atoms with E-state index in [2.05, 4.69) is 15.5 Å². The highest BCUT2D eigenvalue weighted by atomic mass is 35.5. The molecular formula is C21H22Cl2F3N5O2. The fourth-order valence-corrected chi connectivity index (χ4v) is 4.74. The van der Waals surface area contributed by atoms with Crippen LogP contribution in [0.4, 0.5) is 19.0 Å². The Morgan fingerprint density at radius 2 is 2.00 bits per heavy atom. The van der Waals surface area contributed by atoms with Crippen molar-refractivity contribution in [3.63, 3.8) is 0 Å². The molecule has 0 aliphatic carbocycles. The number of fused-ring (bicyclic) bond motifs is 1. The number of hydrogen-bond acceptors (Lipinski definition) is 5. The lowest BCUT2D eigenvalue weighted by Gasteiger charge is -2.34. The Labute approximate surface area is 198 Å². The van der Waals surface area contributed by atoms with Crippen molar-refractivity contribution in [1.82, 2.24) is 20.2 Å². The molecule has 0 spiro atoms. The topological polar surface area (TPSA) is 82.8 Å². The lowest BCUT2D eigenvalue weighted by atomic mass is 9.87. The number of halogens is 5. The zero-order chi connectivity index (χ0) is 24.1. The van der Waals surface area contributed by atoms with E-state index in [4.69, 9.17) is 23.2 Å². The van der Waals surface area contributed by atoms with Crippen LogP contribution in [-0.2, 0) is 11.0 Å². The van der Waals surface area contributed by atoms with Crippen molar-refractivity contribution in [3.05, 3.63) is 45.6 Å². The van der Waals surface area contributed by atoms with Crippen molar-refractivity contribution in [2.75, 3.05) is 6.54 Å². The van der Waals surface area contributed by atoms with Crippen molar-refractivity contribution in [3.8, 4) is 0 Å². The van der Waals surface area contributed by atoms with Gasteiger partial charge in [-0.25, -0.2) is 14.7 Å². The zero-order valence-corrected chi connectivity index (χ0v) is 19.3. The van der Waals surface area contributed by atoms with Gasteiger partial charge in [-0.1, -0.05) is 29.3 Å². The molecule has 2 N–H and O–H groups in total. The minimum Gasteiger partial charge on any atom is -0.392 e. The summed E-state index contributed by atoms with van der Waals surface area (Å²) in [4.78, 5) is 17.7. The average Bonchev–Trinajstić information content (AvgIpc) is 3.35. The predicted molar refractivity (Wildman–Crippen MR) is 118 cm³/mol. The van der Waals surface area contributed by atoms with Crippen LogP contribution in [0.25, 0.3) is 0 Å². The van der Waals surface area contributed by atoms with Crippen LogP contribution < -0.4 is 5.43 Å². The fourth-order valence-electron chi connectivity index (χ4n) is 4.44. The first-order valence-corrected chi connectivity index (χ1v) is 11.1. The molecule has 1 aromatic heterocycles. The predicted octanol–water partition coefficient (Wildman–Crippen LogP) is 4.40. The maximum Gasteiger partial charge on any atom is 0.435 e. The maximum atomic E-state index is 13.4. The third-order valence-electron chi connectivity index (χ3n) is 6.00. The number of aromatic nitrogens is 2. The molecule has 178 valence electrons. The van der Waals surface area contributed by atoms with Crippen LogP contribution in [0.3, 0.4) is 0 Å². The molecular weight excluding hydrogens is 482 g/mol. The number of nitrogens with one attached hydrogen (secondary N) is 1. The van der Waals surface area contributed by atoms with E-state index in [0.717, 1.165) is 17.2 Å². The summed E-state index contributed by atoms with van der Waals surface area (Å²) in [5, 5.41) is 15.9. The smallest absolute Gasteiger partial charge is 0.392 e. The van der Waals surface area contributed by atoms with Crippen LogP contribution in [0, 0.1) is 5.92 Å². The number of carbonyl (C=O) groups excluding carboxylic acids is 1. The van der Waals surface area contributed by atoms with E-state index in [1.807, 2.05) is 0 Å². The molecule has 2 aliphatic heterocycles. The Balaban J connectivity index is 1.76. The molecule has 1 amide bonds. The van der Waals surface area contributed by atoms with Crippen LogP contribution in [0.15, 0.2) is 29.3 Å². The quantitative estimate of drug-likeness (QED) is 0.647. The van der Waals surface area contributed by atoms with Gasteiger partial charge >= 0.3 is 6.18 Å². The van der Waals surface area contributed by atoms with E-state index < -0.39 is 35.8 Å². The molecule has 7 nitrogen and oxygen atoms in total. The van der Waals surface area contributed by atoms with Gasteiger partial charge in [0, 0.05) is 18.3 Å². The van der Waals surface area contributed by atoms with Gasteiger partial charge in [0.15, 0.2) is 11.5 Å². The van der Waals surface area contributed by atoms with Crippen LogP contribution in [-0.4, -0.2) is 50.2 Å². The van der Waals surface area contributed by atoms with Crippen LogP contribution in [0.2, 0.25) is 10.0 Å². The van der Waals surface area contributed by atoms with Crippen LogP contribution >= 0.6 is 23.2 Å². The Kier molecular flexibility index (Phi) is 6.47. The molecule has 3 heterocycles. The lowest BCUT2D eigenvalue weighted by Crippen LogP contribution is -2.53. The SMILES string of the molecule is CC1=Nc2cc(C(F)(F)F)nn2C(c2ccc(Cl)c(Cl)c2)C1C(=O)NN1CCCC1C(C)O. The zero-order valence-electron chi connectivity index (χ0n) is 17.8. The lowest BCUT2D eigenvalue weighted by molar-refractivity contribution is -0.141. The molecule has 4 atom stereocenters. The summed E-state index contributed by atoms with van der Waals surface area (Å²) in [5.74, 6) is -1.44. The number of hydrazine groups is 1. The molecule has 0 saturated carbocycles. The highest BCUT2D eigenvalue weighted by Gasteiger charge is 2.43. The van der Waals surface area contributed by atoms with Gasteiger partial charge in [0.05, 0.1) is 28.2 Å². The Morgan fingerprint density at radius 1 is 1.27 bits per heavy atom. The second-order valence-electron chi connectivity index (χ2n) is 8.30. The number of aliphatic hydroxyl groups excluding tert-OH is 1. The molecule has 4 rings (SSSR count). The molecule has 0 bridgehead atoms. The molecule has 0 radical (unpaired) electrons. The van der Waals surface area contributed by atoms with Crippen molar-refractivity contribution >= 4 is 40.6 Å². The Hall–Kier alpha value is -2.14. The van der Waals surface area contributed by atoms with E-state index in [1.165, 1.54) is 12.1 Å². The number of nitrogens with zero attached hydrogens (tertiary/aromatic N) is 4. The van der Waals surface area contributed by atoms with Gasteiger partial charge in [0.2, 0.25) is 5.91 Å².